The highest BCUT2D eigenvalue weighted by molar-refractivity contribution is 5.80. The fourth-order valence-electron chi connectivity index (χ4n) is 2.67. The molecule has 1 aliphatic heterocycles. The van der Waals surface area contributed by atoms with E-state index in [0.29, 0.717) is 18.4 Å². The van der Waals surface area contributed by atoms with Gasteiger partial charge in [-0.2, -0.15) is 0 Å². The second kappa shape index (κ2) is 7.81. The Kier molecular flexibility index (Phi) is 6.04. The van der Waals surface area contributed by atoms with Crippen molar-refractivity contribution in [2.24, 2.45) is 10.9 Å². The topological polar surface area (TPSA) is 62.9 Å². The van der Waals surface area contributed by atoms with Crippen molar-refractivity contribution in [2.75, 3.05) is 33.4 Å². The minimum absolute atomic E-state index is 0.0195. The molecular weight excluding hydrogens is 292 g/mol. The second-order valence-electron chi connectivity index (χ2n) is 7.03. The number of hydrogen-bond donors (Lipinski definition) is 1. The molecule has 2 rings (SSSR count). The van der Waals surface area contributed by atoms with Crippen LogP contribution in [0, 0.1) is 5.92 Å². The first kappa shape index (κ1) is 17.8. The minimum atomic E-state index is -0.0195. The highest BCUT2D eigenvalue weighted by Crippen LogP contribution is 2.22. The molecule has 0 saturated carbocycles. The van der Waals surface area contributed by atoms with E-state index in [1.807, 2.05) is 20.2 Å². The largest absolute Gasteiger partial charge is 0.443 e. The lowest BCUT2D eigenvalue weighted by atomic mass is 9.94. The molecule has 1 fully saturated rings. The van der Waals surface area contributed by atoms with Gasteiger partial charge < -0.3 is 19.4 Å². The molecule has 1 saturated heterocycles. The number of nitrogens with one attached hydrogen (secondary N) is 1. The van der Waals surface area contributed by atoms with Crippen LogP contribution < -0.4 is 5.32 Å². The summed E-state index contributed by atoms with van der Waals surface area (Å²) in [7, 11) is 1.81. The highest BCUT2D eigenvalue weighted by atomic mass is 16.5. The number of likely N-dealkylation sites (tertiary alicyclic amines) is 1. The average molecular weight is 322 g/mol. The fraction of sp³-hybridized carbons (Fsp3) is 0.765. The molecule has 1 aliphatic rings. The molecule has 0 aliphatic carbocycles. The Morgan fingerprint density at radius 2 is 2.30 bits per heavy atom. The van der Waals surface area contributed by atoms with Gasteiger partial charge in [-0.05, 0) is 13.3 Å². The Morgan fingerprint density at radius 1 is 1.52 bits per heavy atom. The molecule has 2 heterocycles. The van der Waals surface area contributed by atoms with E-state index in [2.05, 4.69) is 41.0 Å². The van der Waals surface area contributed by atoms with Crippen molar-refractivity contribution in [3.8, 4) is 0 Å². The Morgan fingerprint density at radius 3 is 2.91 bits per heavy atom. The number of aliphatic imine (C=N–C) groups is 1. The number of ether oxygens (including phenoxy) is 1. The molecule has 0 spiro atoms. The molecule has 1 unspecified atom stereocenters. The molecule has 1 N–H and O–H groups in total. The zero-order chi connectivity index (χ0) is 16.9. The molecule has 23 heavy (non-hydrogen) atoms. The smallest absolute Gasteiger partial charge is 0.213 e. The zero-order valence-corrected chi connectivity index (χ0v) is 15.1. The van der Waals surface area contributed by atoms with Gasteiger partial charge in [0.25, 0.3) is 0 Å². The number of aromatic nitrogens is 1. The predicted molar refractivity (Wildman–Crippen MR) is 91.6 cm³/mol. The average Bonchev–Trinajstić information content (AvgIpc) is 3.14. The van der Waals surface area contributed by atoms with E-state index in [9.17, 15) is 0 Å². The number of hydrogen-bond acceptors (Lipinski definition) is 4. The molecule has 0 radical (unpaired) electrons. The van der Waals surface area contributed by atoms with E-state index in [-0.39, 0.29) is 5.41 Å². The second-order valence-corrected chi connectivity index (χ2v) is 7.03. The van der Waals surface area contributed by atoms with E-state index in [0.717, 1.165) is 44.4 Å². The zero-order valence-electron chi connectivity index (χ0n) is 15.1. The number of nitrogens with zero attached hydrogens (tertiary/aromatic N) is 3. The first-order chi connectivity index (χ1) is 10.9. The standard InChI is InChI=1S/C17H30N4O2/c1-6-22-12-13-7-8-21(11-13)16(18-5)20-10-15-19-9-14(23-15)17(2,3)4/h9,13H,6-8,10-12H2,1-5H3,(H,18,20). The predicted octanol–water partition coefficient (Wildman–Crippen LogP) is 2.41. The van der Waals surface area contributed by atoms with E-state index >= 15 is 0 Å². The molecular formula is C17H30N4O2. The minimum Gasteiger partial charge on any atom is -0.443 e. The third-order valence-corrected chi connectivity index (χ3v) is 4.05. The Hall–Kier alpha value is -1.56. The Balaban J connectivity index is 1.85. The normalized spacial score (nSPS) is 19.4. The lowest BCUT2D eigenvalue weighted by Gasteiger charge is -2.21. The molecule has 130 valence electrons. The maximum atomic E-state index is 5.81. The Bertz CT molecular complexity index is 519. The van der Waals surface area contributed by atoms with Crippen LogP contribution in [0.15, 0.2) is 15.6 Å². The van der Waals surface area contributed by atoms with Gasteiger partial charge >= 0.3 is 0 Å². The van der Waals surface area contributed by atoms with Crippen LogP contribution >= 0.6 is 0 Å². The van der Waals surface area contributed by atoms with E-state index in [1.165, 1.54) is 0 Å². The summed E-state index contributed by atoms with van der Waals surface area (Å²) in [6.07, 6.45) is 2.96. The summed E-state index contributed by atoms with van der Waals surface area (Å²) in [5, 5.41) is 3.35. The molecule has 0 bridgehead atoms. The summed E-state index contributed by atoms with van der Waals surface area (Å²) in [4.78, 5) is 11.0. The van der Waals surface area contributed by atoms with Crippen LogP contribution in [0.1, 0.15) is 45.8 Å². The summed E-state index contributed by atoms with van der Waals surface area (Å²) < 4.78 is 11.3. The first-order valence-corrected chi connectivity index (χ1v) is 8.42. The van der Waals surface area contributed by atoms with Gasteiger partial charge in [-0.15, -0.1) is 0 Å². The van der Waals surface area contributed by atoms with Crippen LogP contribution in [0.2, 0.25) is 0 Å². The van der Waals surface area contributed by atoms with E-state index < -0.39 is 0 Å². The van der Waals surface area contributed by atoms with Crippen molar-refractivity contribution in [3.63, 3.8) is 0 Å². The molecule has 6 heteroatoms. The van der Waals surface area contributed by atoms with Crippen LogP contribution in [0.5, 0.6) is 0 Å². The third-order valence-electron chi connectivity index (χ3n) is 4.05. The SMILES string of the molecule is CCOCC1CCN(C(=NC)NCc2ncc(C(C)(C)C)o2)C1. The quantitative estimate of drug-likeness (QED) is 0.666. The van der Waals surface area contributed by atoms with E-state index in [1.54, 1.807) is 0 Å². The summed E-state index contributed by atoms with van der Waals surface area (Å²) in [5.74, 6) is 3.09. The highest BCUT2D eigenvalue weighted by Gasteiger charge is 2.25. The van der Waals surface area contributed by atoms with Crippen LogP contribution in [0.3, 0.4) is 0 Å². The third kappa shape index (κ3) is 4.96. The van der Waals surface area contributed by atoms with Gasteiger partial charge in [0.15, 0.2) is 5.96 Å². The van der Waals surface area contributed by atoms with Gasteiger partial charge in [0.1, 0.15) is 5.76 Å². The molecule has 0 aromatic carbocycles. The first-order valence-electron chi connectivity index (χ1n) is 8.42. The van der Waals surface area contributed by atoms with Gasteiger partial charge in [-0.25, -0.2) is 4.98 Å². The molecule has 6 nitrogen and oxygen atoms in total. The summed E-state index contributed by atoms with van der Waals surface area (Å²) >= 11 is 0. The van der Waals surface area contributed by atoms with Gasteiger partial charge in [0.05, 0.1) is 19.3 Å². The monoisotopic (exact) mass is 322 g/mol. The van der Waals surface area contributed by atoms with Crippen LogP contribution in [0.4, 0.5) is 0 Å². The van der Waals surface area contributed by atoms with Gasteiger partial charge in [-0.1, -0.05) is 20.8 Å². The van der Waals surface area contributed by atoms with Gasteiger partial charge in [0, 0.05) is 38.1 Å². The van der Waals surface area contributed by atoms with E-state index in [4.69, 9.17) is 9.15 Å². The fourth-order valence-corrected chi connectivity index (χ4v) is 2.67. The van der Waals surface area contributed by atoms with Crippen LogP contribution in [0.25, 0.3) is 0 Å². The molecule has 0 amide bonds. The van der Waals surface area contributed by atoms with Crippen molar-refractivity contribution in [3.05, 3.63) is 17.8 Å². The number of oxazole rings is 1. The van der Waals surface area contributed by atoms with Crippen molar-refractivity contribution in [1.29, 1.82) is 0 Å². The number of guanidine groups is 1. The molecule has 1 atom stereocenters. The molecule has 1 aromatic heterocycles. The lowest BCUT2D eigenvalue weighted by Crippen LogP contribution is -2.39. The van der Waals surface area contributed by atoms with Crippen molar-refractivity contribution >= 4 is 5.96 Å². The van der Waals surface area contributed by atoms with Crippen molar-refractivity contribution in [2.45, 2.75) is 46.1 Å². The maximum Gasteiger partial charge on any atom is 0.213 e. The van der Waals surface area contributed by atoms with Crippen molar-refractivity contribution in [1.82, 2.24) is 15.2 Å². The van der Waals surface area contributed by atoms with Crippen LogP contribution in [-0.2, 0) is 16.7 Å². The molecule has 1 aromatic rings. The van der Waals surface area contributed by atoms with Gasteiger partial charge in [0.2, 0.25) is 5.89 Å². The maximum absolute atomic E-state index is 5.81. The van der Waals surface area contributed by atoms with Crippen molar-refractivity contribution < 1.29 is 9.15 Å². The lowest BCUT2D eigenvalue weighted by molar-refractivity contribution is 0.114. The van der Waals surface area contributed by atoms with Gasteiger partial charge in [-0.3, -0.25) is 4.99 Å². The summed E-state index contributed by atoms with van der Waals surface area (Å²) in [6, 6.07) is 0. The summed E-state index contributed by atoms with van der Waals surface area (Å²) in [6.45, 7) is 12.5. The number of rotatable bonds is 5. The summed E-state index contributed by atoms with van der Waals surface area (Å²) in [5.41, 5.74) is -0.0195. The van der Waals surface area contributed by atoms with Crippen LogP contribution in [-0.4, -0.2) is 49.2 Å². The Labute approximate surface area is 139 Å².